The lowest BCUT2D eigenvalue weighted by atomic mass is 10.0. The van der Waals surface area contributed by atoms with Gasteiger partial charge in [0.2, 0.25) is 0 Å². The van der Waals surface area contributed by atoms with E-state index in [0.29, 0.717) is 0 Å². The number of carboxylic acid groups (broad SMARTS) is 3. The normalized spacial score (nSPS) is 10.9. The van der Waals surface area contributed by atoms with E-state index in [1.165, 1.54) is 6.92 Å². The fourth-order valence-electron chi connectivity index (χ4n) is 1.04. The van der Waals surface area contributed by atoms with Crippen molar-refractivity contribution in [1.82, 2.24) is 0 Å². The molecule has 0 aliphatic heterocycles. The van der Waals surface area contributed by atoms with Crippen molar-refractivity contribution in [3.8, 4) is 0 Å². The van der Waals surface area contributed by atoms with E-state index in [1.54, 1.807) is 0 Å². The number of aliphatic hydroxyl groups excluding tert-OH is 2. The first-order valence-corrected chi connectivity index (χ1v) is 5.33. The van der Waals surface area contributed by atoms with Crippen LogP contribution in [0.25, 0.3) is 0 Å². The molecule has 1 aromatic carbocycles. The van der Waals surface area contributed by atoms with Gasteiger partial charge < -0.3 is 25.5 Å². The molecule has 0 spiro atoms. The molecule has 0 aliphatic carbocycles. The molecule has 1 atom stereocenters. The number of hydrogen-bond acceptors (Lipinski definition) is 5. The molecule has 0 saturated heterocycles. The molecule has 110 valence electrons. The van der Waals surface area contributed by atoms with Gasteiger partial charge in [-0.1, -0.05) is 0 Å². The molecule has 8 heteroatoms. The molecule has 8 nitrogen and oxygen atoms in total. The van der Waals surface area contributed by atoms with Gasteiger partial charge in [0.1, 0.15) is 0 Å². The fraction of sp³-hybridized carbons (Fsp3) is 0.250. The highest BCUT2D eigenvalue weighted by atomic mass is 16.4. The van der Waals surface area contributed by atoms with Crippen LogP contribution in [0.4, 0.5) is 0 Å². The first kappa shape index (κ1) is 17.6. The van der Waals surface area contributed by atoms with E-state index in [4.69, 9.17) is 25.5 Å². The highest BCUT2D eigenvalue weighted by Gasteiger charge is 2.17. The number of aliphatic hydroxyl groups is 2. The molecule has 0 bridgehead atoms. The van der Waals surface area contributed by atoms with E-state index in [1.807, 2.05) is 0 Å². The van der Waals surface area contributed by atoms with Crippen molar-refractivity contribution in [1.29, 1.82) is 0 Å². The van der Waals surface area contributed by atoms with Crippen molar-refractivity contribution < 1.29 is 39.9 Å². The zero-order valence-electron chi connectivity index (χ0n) is 10.5. The van der Waals surface area contributed by atoms with Crippen molar-refractivity contribution in [3.63, 3.8) is 0 Å². The van der Waals surface area contributed by atoms with Gasteiger partial charge >= 0.3 is 17.9 Å². The average Bonchev–Trinajstić information content (AvgIpc) is 2.38. The van der Waals surface area contributed by atoms with Crippen LogP contribution in [0.1, 0.15) is 38.0 Å². The molecule has 1 aromatic rings. The summed E-state index contributed by atoms with van der Waals surface area (Å²) in [4.78, 5) is 31.8. The Bertz CT molecular complexity index is 506. The van der Waals surface area contributed by atoms with E-state index >= 15 is 0 Å². The lowest BCUT2D eigenvalue weighted by Crippen LogP contribution is -2.10. The Morgan fingerprint density at radius 1 is 1.00 bits per heavy atom. The van der Waals surface area contributed by atoms with Gasteiger partial charge in [-0.05, 0) is 25.1 Å². The van der Waals surface area contributed by atoms with Crippen molar-refractivity contribution in [2.24, 2.45) is 0 Å². The molecule has 0 aromatic heterocycles. The fourth-order valence-corrected chi connectivity index (χ4v) is 1.04. The maximum absolute atomic E-state index is 10.6. The minimum absolute atomic E-state index is 0.139. The van der Waals surface area contributed by atoms with Crippen molar-refractivity contribution in [2.75, 3.05) is 6.61 Å². The molecule has 1 unspecified atom stereocenters. The lowest BCUT2D eigenvalue weighted by molar-refractivity contribution is 0.0649. The summed E-state index contributed by atoms with van der Waals surface area (Å²) >= 11 is 0. The zero-order valence-corrected chi connectivity index (χ0v) is 10.5. The Labute approximate surface area is 113 Å². The first-order valence-electron chi connectivity index (χ1n) is 5.33. The van der Waals surface area contributed by atoms with Gasteiger partial charge in [-0.15, -0.1) is 0 Å². The van der Waals surface area contributed by atoms with Crippen LogP contribution in [-0.4, -0.2) is 56.2 Å². The van der Waals surface area contributed by atoms with Crippen LogP contribution in [0.15, 0.2) is 18.2 Å². The Morgan fingerprint density at radius 3 is 1.75 bits per heavy atom. The average molecular weight is 286 g/mol. The topological polar surface area (TPSA) is 152 Å². The van der Waals surface area contributed by atoms with E-state index < -0.39 is 35.1 Å². The molecule has 0 aliphatic rings. The van der Waals surface area contributed by atoms with Crippen LogP contribution in [0, 0.1) is 0 Å². The summed E-state index contributed by atoms with van der Waals surface area (Å²) in [6.45, 7) is 1.39. The Hall–Kier alpha value is -2.45. The largest absolute Gasteiger partial charge is 0.478 e. The maximum Gasteiger partial charge on any atom is 0.336 e. The maximum atomic E-state index is 10.6. The summed E-state index contributed by atoms with van der Waals surface area (Å²) in [5, 5.41) is 41.9. The van der Waals surface area contributed by atoms with Crippen LogP contribution in [-0.2, 0) is 0 Å². The van der Waals surface area contributed by atoms with Gasteiger partial charge in [0.05, 0.1) is 29.4 Å². The van der Waals surface area contributed by atoms with Crippen molar-refractivity contribution >= 4 is 17.9 Å². The Balaban J connectivity index is 0.000000621. The second kappa shape index (κ2) is 7.87. The minimum Gasteiger partial charge on any atom is -0.478 e. The lowest BCUT2D eigenvalue weighted by Gasteiger charge is -2.02. The number of carboxylic acids is 3. The van der Waals surface area contributed by atoms with Gasteiger partial charge in [0.15, 0.2) is 0 Å². The highest BCUT2D eigenvalue weighted by molar-refractivity contribution is 6.03. The number of hydrogen-bond donors (Lipinski definition) is 5. The summed E-state index contributed by atoms with van der Waals surface area (Å²) < 4.78 is 0. The quantitative estimate of drug-likeness (QED) is 0.524. The molecular weight excluding hydrogens is 272 g/mol. The summed E-state index contributed by atoms with van der Waals surface area (Å²) in [6, 6.07) is 2.81. The number of rotatable bonds is 4. The standard InChI is InChI=1S/C9H6O6.C3H8O2/c10-7(11)4-1-2-5(8(12)13)6(3-4)9(14)15;1-3(5)2-4/h1-3H,(H,10,11)(H,12,13)(H,14,15);3-5H,2H2,1H3. The number of aromatic carboxylic acids is 3. The Morgan fingerprint density at radius 2 is 1.45 bits per heavy atom. The summed E-state index contributed by atoms with van der Waals surface area (Å²) in [5.74, 6) is -4.20. The molecule has 0 heterocycles. The first-order chi connectivity index (χ1) is 9.20. The molecule has 1 rings (SSSR count). The van der Waals surface area contributed by atoms with Gasteiger partial charge in [-0.2, -0.15) is 0 Å². The monoisotopic (exact) mass is 286 g/mol. The third kappa shape index (κ3) is 5.46. The second-order valence-corrected chi connectivity index (χ2v) is 3.71. The van der Waals surface area contributed by atoms with Gasteiger partial charge in [-0.25, -0.2) is 14.4 Å². The van der Waals surface area contributed by atoms with Crippen LogP contribution in [0.2, 0.25) is 0 Å². The molecule has 0 fully saturated rings. The molecule has 5 N–H and O–H groups in total. The highest BCUT2D eigenvalue weighted by Crippen LogP contribution is 2.12. The van der Waals surface area contributed by atoms with E-state index in [0.717, 1.165) is 18.2 Å². The molecule has 0 amide bonds. The van der Waals surface area contributed by atoms with E-state index in [2.05, 4.69) is 0 Å². The molecule has 0 radical (unpaired) electrons. The minimum atomic E-state index is -1.48. The summed E-state index contributed by atoms with van der Waals surface area (Å²) in [7, 11) is 0. The third-order valence-electron chi connectivity index (χ3n) is 1.99. The predicted octanol–water partition coefficient (Wildman–Crippen LogP) is 0.141. The van der Waals surface area contributed by atoms with E-state index in [9.17, 15) is 14.4 Å². The van der Waals surface area contributed by atoms with Gasteiger partial charge in [-0.3, -0.25) is 0 Å². The van der Waals surface area contributed by atoms with Crippen LogP contribution in [0.5, 0.6) is 0 Å². The smallest absolute Gasteiger partial charge is 0.336 e. The van der Waals surface area contributed by atoms with Crippen LogP contribution >= 0.6 is 0 Å². The van der Waals surface area contributed by atoms with Crippen molar-refractivity contribution in [3.05, 3.63) is 34.9 Å². The zero-order chi connectivity index (χ0) is 15.9. The summed E-state index contributed by atoms with van der Waals surface area (Å²) in [6.07, 6.45) is -0.560. The van der Waals surface area contributed by atoms with Crippen molar-refractivity contribution in [2.45, 2.75) is 13.0 Å². The van der Waals surface area contributed by atoms with Gasteiger partial charge in [0.25, 0.3) is 0 Å². The number of carbonyl (C=O) groups is 3. The second-order valence-electron chi connectivity index (χ2n) is 3.71. The number of benzene rings is 1. The van der Waals surface area contributed by atoms with Gasteiger partial charge in [0, 0.05) is 0 Å². The predicted molar refractivity (Wildman–Crippen MR) is 66.1 cm³/mol. The molecule has 0 saturated carbocycles. The van der Waals surface area contributed by atoms with Crippen LogP contribution in [0.3, 0.4) is 0 Å². The third-order valence-corrected chi connectivity index (χ3v) is 1.99. The summed E-state index contributed by atoms with van der Waals surface area (Å²) in [5.41, 5.74) is -1.24. The molecular formula is C12H14O8. The molecule has 20 heavy (non-hydrogen) atoms. The Kier molecular flexibility index (Phi) is 6.91. The van der Waals surface area contributed by atoms with E-state index in [-0.39, 0.29) is 12.2 Å². The SMILES string of the molecule is CC(O)CO.O=C(O)c1ccc(C(=O)O)c(C(=O)O)c1. The van der Waals surface area contributed by atoms with Crippen LogP contribution < -0.4 is 0 Å².